The van der Waals surface area contributed by atoms with Crippen LogP contribution in [-0.4, -0.2) is 16.9 Å². The molecule has 0 fully saturated rings. The van der Waals surface area contributed by atoms with Crippen LogP contribution in [0.4, 0.5) is 5.69 Å². The van der Waals surface area contributed by atoms with E-state index in [2.05, 4.69) is 0 Å². The van der Waals surface area contributed by atoms with E-state index in [9.17, 15) is 14.7 Å². The number of hydrogen-bond donors (Lipinski definition) is 1. The minimum atomic E-state index is -0.734. The molecule has 0 atom stereocenters. The first-order valence-electron chi connectivity index (χ1n) is 4.67. The number of halogens is 2. The van der Waals surface area contributed by atoms with Gasteiger partial charge < -0.3 is 5.11 Å². The summed E-state index contributed by atoms with van der Waals surface area (Å²) < 4.78 is 0. The number of carbonyl (C=O) groups is 2. The molecule has 0 saturated carbocycles. The van der Waals surface area contributed by atoms with Crippen LogP contribution in [0.1, 0.15) is 5.56 Å². The van der Waals surface area contributed by atoms with E-state index in [0.29, 0.717) is 0 Å². The Hall–Kier alpha value is -1.52. The molecule has 2 rings (SSSR count). The van der Waals surface area contributed by atoms with Gasteiger partial charge in [0, 0.05) is 0 Å². The van der Waals surface area contributed by atoms with Crippen LogP contribution in [0.3, 0.4) is 0 Å². The van der Waals surface area contributed by atoms with Crippen molar-refractivity contribution in [2.45, 2.75) is 6.92 Å². The van der Waals surface area contributed by atoms with E-state index in [1.54, 1.807) is 13.0 Å². The zero-order valence-electron chi connectivity index (χ0n) is 8.70. The van der Waals surface area contributed by atoms with E-state index in [0.717, 1.165) is 10.5 Å². The van der Waals surface area contributed by atoms with Crippen molar-refractivity contribution in [3.8, 4) is 5.75 Å². The maximum absolute atomic E-state index is 11.7. The summed E-state index contributed by atoms with van der Waals surface area (Å²) in [6.45, 7) is 1.77. The van der Waals surface area contributed by atoms with Gasteiger partial charge in [0.2, 0.25) is 0 Å². The van der Waals surface area contributed by atoms with Crippen LogP contribution in [-0.2, 0) is 9.59 Å². The Morgan fingerprint density at radius 2 is 1.65 bits per heavy atom. The number of nitrogens with zero attached hydrogens (tertiary/aromatic N) is 1. The lowest BCUT2D eigenvalue weighted by atomic mass is 10.2. The lowest BCUT2D eigenvalue weighted by molar-refractivity contribution is -0.120. The van der Waals surface area contributed by atoms with E-state index in [1.807, 2.05) is 0 Å². The molecule has 1 aliphatic rings. The Morgan fingerprint density at radius 3 is 2.18 bits per heavy atom. The Bertz CT molecular complexity index is 542. The van der Waals surface area contributed by atoms with Crippen molar-refractivity contribution in [2.75, 3.05) is 4.90 Å². The lowest BCUT2D eigenvalue weighted by Crippen LogP contribution is -2.31. The van der Waals surface area contributed by atoms with E-state index in [4.69, 9.17) is 23.2 Å². The first kappa shape index (κ1) is 12.0. The summed E-state index contributed by atoms with van der Waals surface area (Å²) in [6, 6.07) is 4.55. The maximum Gasteiger partial charge on any atom is 0.278 e. The fourth-order valence-corrected chi connectivity index (χ4v) is 1.84. The van der Waals surface area contributed by atoms with Crippen molar-refractivity contribution in [3.63, 3.8) is 0 Å². The molecule has 88 valence electrons. The molecule has 1 aliphatic heterocycles. The Labute approximate surface area is 107 Å². The van der Waals surface area contributed by atoms with Gasteiger partial charge in [-0.05, 0) is 24.6 Å². The number of benzene rings is 1. The van der Waals surface area contributed by atoms with Crippen molar-refractivity contribution in [3.05, 3.63) is 33.8 Å². The molecule has 1 N–H and O–H groups in total. The third-order valence-corrected chi connectivity index (χ3v) is 3.14. The van der Waals surface area contributed by atoms with Crippen LogP contribution in [0.15, 0.2) is 28.3 Å². The van der Waals surface area contributed by atoms with Gasteiger partial charge in [0.15, 0.2) is 0 Å². The molecule has 0 aromatic heterocycles. The van der Waals surface area contributed by atoms with Gasteiger partial charge in [0.25, 0.3) is 11.8 Å². The van der Waals surface area contributed by atoms with Crippen LogP contribution in [0, 0.1) is 6.92 Å². The number of imide groups is 1. The molecule has 1 heterocycles. The third kappa shape index (κ3) is 1.79. The van der Waals surface area contributed by atoms with E-state index in [-0.39, 0.29) is 21.5 Å². The van der Waals surface area contributed by atoms with Gasteiger partial charge in [0.05, 0.1) is 5.69 Å². The van der Waals surface area contributed by atoms with Gasteiger partial charge in [-0.1, -0.05) is 29.3 Å². The number of anilines is 1. The second kappa shape index (κ2) is 4.05. The number of rotatable bonds is 1. The van der Waals surface area contributed by atoms with Crippen molar-refractivity contribution < 1.29 is 14.7 Å². The van der Waals surface area contributed by atoms with Crippen LogP contribution >= 0.6 is 23.2 Å². The van der Waals surface area contributed by atoms with Crippen LogP contribution in [0.5, 0.6) is 5.75 Å². The Balaban J connectivity index is 2.54. The summed E-state index contributed by atoms with van der Waals surface area (Å²) in [6.07, 6.45) is 0. The first-order valence-corrected chi connectivity index (χ1v) is 5.42. The highest BCUT2D eigenvalue weighted by Crippen LogP contribution is 2.36. The van der Waals surface area contributed by atoms with Crippen LogP contribution in [0.2, 0.25) is 0 Å². The van der Waals surface area contributed by atoms with Gasteiger partial charge in [0.1, 0.15) is 15.8 Å². The first-order chi connectivity index (χ1) is 7.93. The van der Waals surface area contributed by atoms with Crippen molar-refractivity contribution in [1.29, 1.82) is 0 Å². The summed E-state index contributed by atoms with van der Waals surface area (Å²) in [7, 11) is 0. The molecule has 0 spiro atoms. The topological polar surface area (TPSA) is 57.6 Å². The van der Waals surface area contributed by atoms with Crippen LogP contribution < -0.4 is 4.90 Å². The lowest BCUT2D eigenvalue weighted by Gasteiger charge is -2.16. The predicted molar refractivity (Wildman–Crippen MR) is 64.1 cm³/mol. The van der Waals surface area contributed by atoms with Crippen molar-refractivity contribution in [1.82, 2.24) is 0 Å². The Morgan fingerprint density at radius 1 is 1.12 bits per heavy atom. The minimum absolute atomic E-state index is 0.0776. The standard InChI is InChI=1S/C11H7Cl2NO3/c1-5-2-3-7(15)6(4-5)14-10(16)8(12)9(13)11(14)17/h2-4,15H,1H3. The maximum atomic E-state index is 11.7. The molecule has 0 bridgehead atoms. The molecule has 0 aliphatic carbocycles. The molecule has 0 saturated heterocycles. The summed E-state index contributed by atoms with van der Waals surface area (Å²) in [4.78, 5) is 24.2. The minimum Gasteiger partial charge on any atom is -0.506 e. The molecular weight excluding hydrogens is 265 g/mol. The number of aryl methyl sites for hydroxylation is 1. The highest BCUT2D eigenvalue weighted by molar-refractivity contribution is 6.62. The summed E-state index contributed by atoms with van der Waals surface area (Å²) in [5.41, 5.74) is 0.867. The van der Waals surface area contributed by atoms with Gasteiger partial charge in [-0.3, -0.25) is 9.59 Å². The zero-order valence-corrected chi connectivity index (χ0v) is 10.2. The third-order valence-electron chi connectivity index (χ3n) is 2.35. The monoisotopic (exact) mass is 271 g/mol. The average molecular weight is 272 g/mol. The fourth-order valence-electron chi connectivity index (χ4n) is 1.51. The second-order valence-corrected chi connectivity index (χ2v) is 4.32. The molecule has 2 amide bonds. The number of aromatic hydroxyl groups is 1. The second-order valence-electron chi connectivity index (χ2n) is 3.57. The summed E-state index contributed by atoms with van der Waals surface area (Å²) in [5, 5.41) is 8.98. The average Bonchev–Trinajstić information content (AvgIpc) is 2.48. The number of phenolic OH excluding ortho intramolecular Hbond substituents is 1. The molecule has 6 heteroatoms. The molecule has 17 heavy (non-hydrogen) atoms. The highest BCUT2D eigenvalue weighted by atomic mass is 35.5. The number of hydrogen-bond acceptors (Lipinski definition) is 3. The molecular formula is C11H7Cl2NO3. The van der Waals surface area contributed by atoms with E-state index in [1.165, 1.54) is 12.1 Å². The molecule has 4 nitrogen and oxygen atoms in total. The summed E-state index contributed by atoms with van der Waals surface area (Å²) in [5.74, 6) is -1.65. The smallest absolute Gasteiger partial charge is 0.278 e. The van der Waals surface area contributed by atoms with E-state index < -0.39 is 11.8 Å². The van der Waals surface area contributed by atoms with Gasteiger partial charge in [-0.2, -0.15) is 0 Å². The predicted octanol–water partition coefficient (Wildman–Crippen LogP) is 2.26. The fraction of sp³-hybridized carbons (Fsp3) is 0.0909. The van der Waals surface area contributed by atoms with E-state index >= 15 is 0 Å². The normalized spacial score (nSPS) is 16.1. The number of carbonyl (C=O) groups excluding carboxylic acids is 2. The molecule has 1 aromatic carbocycles. The van der Waals surface area contributed by atoms with Crippen molar-refractivity contribution in [2.24, 2.45) is 0 Å². The quantitative estimate of drug-likeness (QED) is 0.798. The van der Waals surface area contributed by atoms with Crippen molar-refractivity contribution >= 4 is 40.7 Å². The zero-order chi connectivity index (χ0) is 12.7. The largest absolute Gasteiger partial charge is 0.506 e. The number of phenols is 1. The molecule has 0 unspecified atom stereocenters. The van der Waals surface area contributed by atoms with Gasteiger partial charge in [-0.25, -0.2) is 4.90 Å². The Kier molecular flexibility index (Phi) is 2.85. The summed E-state index contributed by atoms with van der Waals surface area (Å²) >= 11 is 11.2. The van der Waals surface area contributed by atoms with Gasteiger partial charge >= 0.3 is 0 Å². The number of amides is 2. The molecule has 0 radical (unpaired) electrons. The van der Waals surface area contributed by atoms with Gasteiger partial charge in [-0.15, -0.1) is 0 Å². The molecule has 1 aromatic rings. The van der Waals surface area contributed by atoms with Crippen LogP contribution in [0.25, 0.3) is 0 Å². The highest BCUT2D eigenvalue weighted by Gasteiger charge is 2.38. The SMILES string of the molecule is Cc1ccc(O)c(N2C(=O)C(Cl)=C(Cl)C2=O)c1.